The van der Waals surface area contributed by atoms with Gasteiger partial charge >= 0.3 is 5.63 Å². The Hall–Kier alpha value is -2.49. The largest absolute Gasteiger partial charge is 0.469 e. The number of benzene rings is 1. The van der Waals surface area contributed by atoms with Gasteiger partial charge in [-0.15, -0.1) is 0 Å². The van der Waals surface area contributed by atoms with Crippen molar-refractivity contribution in [2.45, 2.75) is 20.3 Å². The molecule has 0 bridgehead atoms. The highest BCUT2D eigenvalue weighted by molar-refractivity contribution is 5.81. The lowest BCUT2D eigenvalue weighted by Gasteiger charge is -2.21. The molecule has 0 saturated carbocycles. The van der Waals surface area contributed by atoms with E-state index in [1.165, 1.54) is 0 Å². The van der Waals surface area contributed by atoms with Crippen LogP contribution in [-0.4, -0.2) is 13.1 Å². The molecule has 0 aliphatic carbocycles. The second kappa shape index (κ2) is 6.10. The van der Waals surface area contributed by atoms with Gasteiger partial charge in [0.05, 0.1) is 6.26 Å². The van der Waals surface area contributed by atoms with Gasteiger partial charge < -0.3 is 13.7 Å². The number of furan rings is 1. The summed E-state index contributed by atoms with van der Waals surface area (Å²) >= 11 is 0. The van der Waals surface area contributed by atoms with Crippen molar-refractivity contribution in [1.29, 1.82) is 0 Å². The molecular formula is C18H19NO3. The molecule has 3 aromatic rings. The number of hydrogen-bond acceptors (Lipinski definition) is 4. The Balaban J connectivity index is 2.00. The number of nitrogens with zero attached hydrogens (tertiary/aromatic N) is 1. The average Bonchev–Trinajstić information content (AvgIpc) is 3.02. The highest BCUT2D eigenvalue weighted by Gasteiger charge is 2.10. The van der Waals surface area contributed by atoms with Gasteiger partial charge in [0.1, 0.15) is 11.3 Å². The van der Waals surface area contributed by atoms with E-state index < -0.39 is 0 Å². The van der Waals surface area contributed by atoms with Crippen LogP contribution in [0.25, 0.3) is 11.0 Å². The fourth-order valence-corrected chi connectivity index (χ4v) is 2.65. The summed E-state index contributed by atoms with van der Waals surface area (Å²) in [5, 5.41) is 0.928. The van der Waals surface area contributed by atoms with E-state index in [2.05, 4.69) is 24.8 Å². The molecule has 2 aromatic heterocycles. The summed E-state index contributed by atoms with van der Waals surface area (Å²) in [6.45, 7) is 6.05. The Morgan fingerprint density at radius 2 is 1.91 bits per heavy atom. The fourth-order valence-electron chi connectivity index (χ4n) is 2.65. The Bertz CT molecular complexity index is 814. The monoisotopic (exact) mass is 297 g/mol. The zero-order valence-corrected chi connectivity index (χ0v) is 12.8. The summed E-state index contributed by atoms with van der Waals surface area (Å²) in [5.74, 6) is 0.756. The first-order chi connectivity index (χ1) is 10.7. The molecule has 0 saturated heterocycles. The molecule has 0 aliphatic rings. The molecule has 0 fully saturated rings. The quantitative estimate of drug-likeness (QED) is 0.672. The van der Waals surface area contributed by atoms with E-state index in [0.29, 0.717) is 17.6 Å². The Kier molecular flexibility index (Phi) is 4.00. The maximum atomic E-state index is 12.2. The minimum Gasteiger partial charge on any atom is -0.469 e. The first-order valence-electron chi connectivity index (χ1n) is 7.55. The van der Waals surface area contributed by atoms with E-state index in [9.17, 15) is 4.79 Å². The molecule has 0 radical (unpaired) electrons. The van der Waals surface area contributed by atoms with Crippen LogP contribution in [0.3, 0.4) is 0 Å². The predicted molar refractivity (Wildman–Crippen MR) is 87.6 cm³/mol. The Morgan fingerprint density at radius 1 is 1.09 bits per heavy atom. The van der Waals surface area contributed by atoms with Crippen LogP contribution in [0.5, 0.6) is 0 Å². The Morgan fingerprint density at radius 3 is 2.59 bits per heavy atom. The lowest BCUT2D eigenvalue weighted by molar-refractivity contribution is 0.510. The van der Waals surface area contributed by atoms with Crippen LogP contribution in [0.1, 0.15) is 25.2 Å². The van der Waals surface area contributed by atoms with E-state index in [4.69, 9.17) is 8.83 Å². The summed E-state index contributed by atoms with van der Waals surface area (Å²) in [7, 11) is 0. The van der Waals surface area contributed by atoms with Crippen LogP contribution in [0.2, 0.25) is 0 Å². The topological polar surface area (TPSA) is 46.6 Å². The van der Waals surface area contributed by atoms with Gasteiger partial charge in [-0.25, -0.2) is 4.79 Å². The molecule has 0 aliphatic heterocycles. The molecule has 114 valence electrons. The summed E-state index contributed by atoms with van der Waals surface area (Å²) < 4.78 is 10.8. The van der Waals surface area contributed by atoms with Crippen molar-refractivity contribution in [2.24, 2.45) is 0 Å². The second-order valence-electron chi connectivity index (χ2n) is 5.21. The van der Waals surface area contributed by atoms with Gasteiger partial charge in [-0.1, -0.05) is 0 Å². The molecule has 2 heterocycles. The van der Waals surface area contributed by atoms with Gasteiger partial charge in [0, 0.05) is 42.2 Å². The van der Waals surface area contributed by atoms with Crippen molar-refractivity contribution in [3.8, 4) is 0 Å². The standard InChI is InChI=1S/C18H19NO3/c1-3-19(4-2)15-8-7-13-10-14(11-16-6-5-9-21-16)18(20)22-17(13)12-15/h5-10,12H,3-4,11H2,1-2H3. The van der Waals surface area contributed by atoms with Crippen LogP contribution in [0, 0.1) is 0 Å². The molecule has 0 amide bonds. The SMILES string of the molecule is CCN(CC)c1ccc2cc(Cc3ccco3)c(=O)oc2c1. The third-order valence-electron chi connectivity index (χ3n) is 3.87. The zero-order chi connectivity index (χ0) is 15.5. The average molecular weight is 297 g/mol. The first kappa shape index (κ1) is 14.4. The predicted octanol–water partition coefficient (Wildman–Crippen LogP) is 3.82. The van der Waals surface area contributed by atoms with E-state index >= 15 is 0 Å². The van der Waals surface area contributed by atoms with Crippen molar-refractivity contribution >= 4 is 16.7 Å². The van der Waals surface area contributed by atoms with Gasteiger partial charge in [-0.2, -0.15) is 0 Å². The molecule has 0 spiro atoms. The van der Waals surface area contributed by atoms with Crippen molar-refractivity contribution < 1.29 is 8.83 Å². The smallest absolute Gasteiger partial charge is 0.339 e. The van der Waals surface area contributed by atoms with Crippen molar-refractivity contribution in [3.63, 3.8) is 0 Å². The van der Waals surface area contributed by atoms with E-state index in [0.717, 1.165) is 29.9 Å². The zero-order valence-electron chi connectivity index (χ0n) is 12.8. The lowest BCUT2D eigenvalue weighted by atomic mass is 10.1. The van der Waals surface area contributed by atoms with Gasteiger partial charge in [0.15, 0.2) is 0 Å². The van der Waals surface area contributed by atoms with Crippen LogP contribution < -0.4 is 10.5 Å². The molecule has 4 heteroatoms. The summed E-state index contributed by atoms with van der Waals surface area (Å²) in [6.07, 6.45) is 2.05. The Labute approximate surface area is 129 Å². The molecule has 4 nitrogen and oxygen atoms in total. The van der Waals surface area contributed by atoms with Crippen molar-refractivity contribution in [3.05, 3.63) is 64.4 Å². The third-order valence-corrected chi connectivity index (χ3v) is 3.87. The summed E-state index contributed by atoms with van der Waals surface area (Å²) in [5.41, 5.74) is 2.00. The van der Waals surface area contributed by atoms with E-state index in [1.54, 1.807) is 6.26 Å². The van der Waals surface area contributed by atoms with Crippen molar-refractivity contribution in [2.75, 3.05) is 18.0 Å². The fraction of sp³-hybridized carbons (Fsp3) is 0.278. The minimum atomic E-state index is -0.305. The molecule has 1 aromatic carbocycles. The van der Waals surface area contributed by atoms with E-state index in [1.807, 2.05) is 30.3 Å². The van der Waals surface area contributed by atoms with Crippen LogP contribution in [0.4, 0.5) is 5.69 Å². The van der Waals surface area contributed by atoms with Gasteiger partial charge in [-0.3, -0.25) is 0 Å². The summed E-state index contributed by atoms with van der Waals surface area (Å²) in [6, 6.07) is 11.5. The maximum Gasteiger partial charge on any atom is 0.339 e. The second-order valence-corrected chi connectivity index (χ2v) is 5.21. The summed E-state index contributed by atoms with van der Waals surface area (Å²) in [4.78, 5) is 14.4. The van der Waals surface area contributed by atoms with Gasteiger partial charge in [0.25, 0.3) is 0 Å². The normalized spacial score (nSPS) is 11.0. The van der Waals surface area contributed by atoms with Crippen LogP contribution in [0.15, 0.2) is 56.3 Å². The van der Waals surface area contributed by atoms with Crippen LogP contribution in [-0.2, 0) is 6.42 Å². The highest BCUT2D eigenvalue weighted by Crippen LogP contribution is 2.22. The van der Waals surface area contributed by atoms with Gasteiger partial charge in [-0.05, 0) is 44.2 Å². The van der Waals surface area contributed by atoms with Crippen LogP contribution >= 0.6 is 0 Å². The first-order valence-corrected chi connectivity index (χ1v) is 7.55. The van der Waals surface area contributed by atoms with Gasteiger partial charge in [0.2, 0.25) is 0 Å². The molecule has 0 N–H and O–H groups in total. The van der Waals surface area contributed by atoms with Crippen molar-refractivity contribution in [1.82, 2.24) is 0 Å². The lowest BCUT2D eigenvalue weighted by Crippen LogP contribution is -2.21. The number of rotatable bonds is 5. The number of fused-ring (bicyclic) bond motifs is 1. The molecule has 0 unspecified atom stereocenters. The molecule has 3 rings (SSSR count). The highest BCUT2D eigenvalue weighted by atomic mass is 16.4. The molecule has 0 atom stereocenters. The third kappa shape index (κ3) is 2.77. The number of anilines is 1. The minimum absolute atomic E-state index is 0.305. The maximum absolute atomic E-state index is 12.2. The number of hydrogen-bond donors (Lipinski definition) is 0. The molecular weight excluding hydrogens is 278 g/mol. The van der Waals surface area contributed by atoms with E-state index in [-0.39, 0.29) is 5.63 Å². The molecule has 22 heavy (non-hydrogen) atoms.